The first-order valence-corrected chi connectivity index (χ1v) is 10.7. The van der Waals surface area contributed by atoms with Crippen molar-refractivity contribution in [2.45, 2.75) is 25.3 Å². The largest absolute Gasteiger partial charge is 0.477 e. The molecule has 1 N–H and O–H groups in total. The Morgan fingerprint density at radius 3 is 2.86 bits per heavy atom. The number of hydrogen-bond acceptors (Lipinski definition) is 4. The van der Waals surface area contributed by atoms with Crippen molar-refractivity contribution in [2.75, 3.05) is 0 Å². The summed E-state index contributed by atoms with van der Waals surface area (Å²) in [5, 5.41) is 13.2. The molecule has 1 aliphatic rings. The summed E-state index contributed by atoms with van der Waals surface area (Å²) in [7, 11) is 0. The first-order valence-electron chi connectivity index (χ1n) is 9.02. The Hall–Kier alpha value is -2.51. The number of aromatic nitrogens is 3. The first-order chi connectivity index (χ1) is 13.6. The van der Waals surface area contributed by atoms with Gasteiger partial charge in [0.15, 0.2) is 5.69 Å². The second-order valence-electron chi connectivity index (χ2n) is 6.95. The molecule has 5 rings (SSSR count). The van der Waals surface area contributed by atoms with E-state index in [9.17, 15) is 9.90 Å². The number of rotatable bonds is 5. The molecule has 7 heteroatoms. The van der Waals surface area contributed by atoms with E-state index in [2.05, 4.69) is 32.4 Å². The van der Waals surface area contributed by atoms with E-state index in [0.29, 0.717) is 23.8 Å². The number of carbonyl (C=O) groups is 1. The van der Waals surface area contributed by atoms with Crippen LogP contribution in [-0.4, -0.2) is 25.6 Å². The number of carboxylic acids is 1. The Balaban J connectivity index is 1.72. The topological polar surface area (TPSA) is 68.0 Å². The van der Waals surface area contributed by atoms with Gasteiger partial charge in [0, 0.05) is 38.4 Å². The average Bonchev–Trinajstić information content (AvgIpc) is 3.35. The van der Waals surface area contributed by atoms with Gasteiger partial charge < -0.3 is 9.67 Å². The van der Waals surface area contributed by atoms with Gasteiger partial charge in [0.2, 0.25) is 0 Å². The van der Waals surface area contributed by atoms with E-state index >= 15 is 0 Å². The molecule has 0 saturated heterocycles. The number of imidazole rings is 1. The zero-order valence-electron chi connectivity index (χ0n) is 14.8. The Morgan fingerprint density at radius 1 is 1.29 bits per heavy atom. The molecule has 1 saturated carbocycles. The number of benzene rings is 1. The van der Waals surface area contributed by atoms with Gasteiger partial charge in [0.1, 0.15) is 5.82 Å². The van der Waals surface area contributed by atoms with Crippen molar-refractivity contribution in [3.63, 3.8) is 0 Å². The molecule has 3 heterocycles. The van der Waals surface area contributed by atoms with Gasteiger partial charge in [-0.2, -0.15) is 0 Å². The molecule has 140 valence electrons. The average molecular weight is 454 g/mol. The third-order valence-electron chi connectivity index (χ3n) is 5.03. The molecular formula is C21H16BrN3O2S. The molecule has 0 bridgehead atoms. The number of halogens is 1. The summed E-state index contributed by atoms with van der Waals surface area (Å²) in [5.41, 5.74) is 2.91. The van der Waals surface area contributed by atoms with Gasteiger partial charge in [0.05, 0.1) is 12.2 Å². The van der Waals surface area contributed by atoms with Crippen LogP contribution in [0.3, 0.4) is 0 Å². The Bertz CT molecular complexity index is 1200. The highest BCUT2D eigenvalue weighted by molar-refractivity contribution is 9.10. The molecule has 0 amide bonds. The van der Waals surface area contributed by atoms with E-state index in [-0.39, 0.29) is 5.92 Å². The van der Waals surface area contributed by atoms with Gasteiger partial charge in [-0.15, -0.1) is 11.3 Å². The summed E-state index contributed by atoms with van der Waals surface area (Å²) < 4.78 is 4.03. The van der Waals surface area contributed by atoms with Crippen LogP contribution in [0, 0.1) is 0 Å². The summed E-state index contributed by atoms with van der Waals surface area (Å²) >= 11 is 5.31. The normalized spacial score (nSPS) is 13.9. The Kier molecular flexibility index (Phi) is 4.29. The SMILES string of the molecule is O=C(O)c1c(C2CC2)nc(-c2cccnc2)n1Cc1csc2cccc(Br)c12. The maximum atomic E-state index is 12.2. The monoisotopic (exact) mass is 453 g/mol. The highest BCUT2D eigenvalue weighted by Crippen LogP contribution is 2.43. The third-order valence-corrected chi connectivity index (χ3v) is 6.69. The lowest BCUT2D eigenvalue weighted by molar-refractivity contribution is 0.0684. The van der Waals surface area contributed by atoms with Crippen LogP contribution in [0.1, 0.15) is 40.5 Å². The van der Waals surface area contributed by atoms with Crippen LogP contribution in [0.25, 0.3) is 21.5 Å². The predicted molar refractivity (Wildman–Crippen MR) is 113 cm³/mol. The van der Waals surface area contributed by atoms with Crippen LogP contribution in [-0.2, 0) is 6.54 Å². The van der Waals surface area contributed by atoms with Crippen molar-refractivity contribution in [1.82, 2.24) is 14.5 Å². The number of hydrogen-bond donors (Lipinski definition) is 1. The minimum Gasteiger partial charge on any atom is -0.477 e. The second-order valence-corrected chi connectivity index (χ2v) is 8.72. The van der Waals surface area contributed by atoms with E-state index in [4.69, 9.17) is 4.98 Å². The van der Waals surface area contributed by atoms with E-state index < -0.39 is 5.97 Å². The summed E-state index contributed by atoms with van der Waals surface area (Å²) in [6, 6.07) is 9.89. The van der Waals surface area contributed by atoms with Gasteiger partial charge in [-0.3, -0.25) is 4.98 Å². The fourth-order valence-corrected chi connectivity index (χ4v) is 5.33. The first kappa shape index (κ1) is 17.6. The van der Waals surface area contributed by atoms with Crippen LogP contribution in [0.4, 0.5) is 0 Å². The quantitative estimate of drug-likeness (QED) is 0.430. The van der Waals surface area contributed by atoms with Crippen LogP contribution in [0.5, 0.6) is 0 Å². The maximum Gasteiger partial charge on any atom is 0.354 e. The second kappa shape index (κ2) is 6.83. The lowest BCUT2D eigenvalue weighted by Crippen LogP contribution is -2.12. The number of thiophene rings is 1. The molecular weight excluding hydrogens is 438 g/mol. The number of nitrogens with zero attached hydrogens (tertiary/aromatic N) is 3. The van der Waals surface area contributed by atoms with E-state index in [0.717, 1.165) is 33.8 Å². The minimum absolute atomic E-state index is 0.244. The lowest BCUT2D eigenvalue weighted by atomic mass is 10.1. The van der Waals surface area contributed by atoms with Crippen molar-refractivity contribution in [3.8, 4) is 11.4 Å². The van der Waals surface area contributed by atoms with Crippen molar-refractivity contribution in [2.24, 2.45) is 0 Å². The Labute approximate surface area is 173 Å². The molecule has 0 atom stereocenters. The van der Waals surface area contributed by atoms with Gasteiger partial charge in [0.25, 0.3) is 0 Å². The predicted octanol–water partition coefficient (Wildman–Crippen LogP) is 5.55. The fraction of sp³-hybridized carbons (Fsp3) is 0.190. The van der Waals surface area contributed by atoms with E-state index in [1.807, 2.05) is 28.8 Å². The number of carboxylic acid groups (broad SMARTS) is 1. The van der Waals surface area contributed by atoms with Crippen LogP contribution in [0.2, 0.25) is 0 Å². The summed E-state index contributed by atoms with van der Waals surface area (Å²) in [6.45, 7) is 0.453. The smallest absolute Gasteiger partial charge is 0.354 e. The zero-order chi connectivity index (χ0) is 19.3. The van der Waals surface area contributed by atoms with Crippen molar-refractivity contribution >= 4 is 43.3 Å². The third kappa shape index (κ3) is 2.95. The van der Waals surface area contributed by atoms with Gasteiger partial charge in [-0.25, -0.2) is 9.78 Å². The standard InChI is InChI=1S/C21H16BrN3O2S/c22-15-4-1-5-16-17(15)14(11-28-16)10-25-19(21(26)27)18(12-6-7-12)24-20(25)13-3-2-8-23-9-13/h1-5,8-9,11-12H,6-7,10H2,(H,26,27). The minimum atomic E-state index is -0.928. The molecule has 3 aromatic heterocycles. The van der Waals surface area contributed by atoms with Crippen LogP contribution >= 0.6 is 27.3 Å². The van der Waals surface area contributed by atoms with Crippen molar-refractivity contribution in [1.29, 1.82) is 0 Å². The molecule has 0 spiro atoms. The molecule has 0 radical (unpaired) electrons. The maximum absolute atomic E-state index is 12.2. The highest BCUT2D eigenvalue weighted by atomic mass is 79.9. The van der Waals surface area contributed by atoms with E-state index in [1.165, 1.54) is 4.70 Å². The molecule has 1 aromatic carbocycles. The summed E-state index contributed by atoms with van der Waals surface area (Å²) in [6.07, 6.45) is 5.44. The lowest BCUT2D eigenvalue weighted by Gasteiger charge is -2.11. The summed E-state index contributed by atoms with van der Waals surface area (Å²) in [5.74, 6) is -0.0179. The van der Waals surface area contributed by atoms with Gasteiger partial charge in [-0.05, 0) is 48.1 Å². The number of pyridine rings is 1. The molecule has 5 nitrogen and oxygen atoms in total. The van der Waals surface area contributed by atoms with Crippen molar-refractivity contribution in [3.05, 3.63) is 69.5 Å². The van der Waals surface area contributed by atoms with Gasteiger partial charge >= 0.3 is 5.97 Å². The van der Waals surface area contributed by atoms with Crippen molar-refractivity contribution < 1.29 is 9.90 Å². The molecule has 28 heavy (non-hydrogen) atoms. The number of fused-ring (bicyclic) bond motifs is 1. The van der Waals surface area contributed by atoms with E-state index in [1.54, 1.807) is 23.7 Å². The molecule has 4 aromatic rings. The Morgan fingerprint density at radius 2 is 2.14 bits per heavy atom. The molecule has 1 aliphatic carbocycles. The zero-order valence-corrected chi connectivity index (χ0v) is 17.2. The molecule has 1 fully saturated rings. The molecule has 0 aliphatic heterocycles. The fourth-order valence-electron chi connectivity index (χ4n) is 3.60. The highest BCUT2D eigenvalue weighted by Gasteiger charge is 2.34. The van der Waals surface area contributed by atoms with Crippen LogP contribution in [0.15, 0.2) is 52.6 Å². The van der Waals surface area contributed by atoms with Gasteiger partial charge in [-0.1, -0.05) is 22.0 Å². The summed E-state index contributed by atoms with van der Waals surface area (Å²) in [4.78, 5) is 21.2. The molecule has 0 unspecified atom stereocenters. The van der Waals surface area contributed by atoms with Crippen LogP contribution < -0.4 is 0 Å². The number of aromatic carboxylic acids is 1.